The number of hydrogen-bond acceptors (Lipinski definition) is 4. The fourth-order valence-electron chi connectivity index (χ4n) is 1.21. The van der Waals surface area contributed by atoms with Crippen LogP contribution in [-0.2, 0) is 6.54 Å². The molecule has 1 aromatic carbocycles. The number of halogens is 3. The maximum Gasteiger partial charge on any atom is 0.238 e. The quantitative estimate of drug-likeness (QED) is 0.879. The summed E-state index contributed by atoms with van der Waals surface area (Å²) in [6.07, 6.45) is 0. The predicted octanol–water partition coefficient (Wildman–Crippen LogP) is 3.69. The van der Waals surface area contributed by atoms with Crippen molar-refractivity contribution in [3.8, 4) is 11.6 Å². The molecule has 0 aliphatic rings. The van der Waals surface area contributed by atoms with E-state index in [1.165, 1.54) is 12.1 Å². The van der Waals surface area contributed by atoms with E-state index in [2.05, 4.69) is 10.2 Å². The number of nitrogens with two attached hydrogens (primary N) is 1. The van der Waals surface area contributed by atoms with Crippen molar-refractivity contribution in [2.24, 2.45) is 5.73 Å². The number of nitrogens with zero attached hydrogens (tertiary/aromatic N) is 2. The van der Waals surface area contributed by atoms with Gasteiger partial charge in [-0.1, -0.05) is 34.8 Å². The van der Waals surface area contributed by atoms with E-state index in [1.54, 1.807) is 12.1 Å². The second-order valence-electron chi connectivity index (χ2n) is 3.37. The maximum absolute atomic E-state index is 5.97. The van der Waals surface area contributed by atoms with Crippen molar-refractivity contribution >= 4 is 34.8 Å². The average Bonchev–Trinajstić information content (AvgIpc) is 2.37. The van der Waals surface area contributed by atoms with Gasteiger partial charge in [0.15, 0.2) is 0 Å². The highest BCUT2D eigenvalue weighted by atomic mass is 35.5. The maximum atomic E-state index is 5.97. The van der Waals surface area contributed by atoms with E-state index in [0.29, 0.717) is 38.9 Å². The zero-order valence-corrected chi connectivity index (χ0v) is 11.3. The second-order valence-corrected chi connectivity index (χ2v) is 4.59. The van der Waals surface area contributed by atoms with Gasteiger partial charge in [-0.2, -0.15) is 5.10 Å². The molecule has 4 nitrogen and oxygen atoms in total. The first-order valence-electron chi connectivity index (χ1n) is 4.95. The molecular formula is C11H8Cl3N3O. The Hall–Kier alpha value is -1.07. The minimum atomic E-state index is 0.299. The summed E-state index contributed by atoms with van der Waals surface area (Å²) in [5.41, 5.74) is 6.09. The lowest BCUT2D eigenvalue weighted by Gasteiger charge is -2.07. The van der Waals surface area contributed by atoms with Crippen molar-refractivity contribution in [3.63, 3.8) is 0 Å². The largest absolute Gasteiger partial charge is 0.436 e. The third-order valence-corrected chi connectivity index (χ3v) is 3.11. The van der Waals surface area contributed by atoms with Crippen LogP contribution in [0.25, 0.3) is 0 Å². The predicted molar refractivity (Wildman–Crippen MR) is 71.5 cm³/mol. The molecule has 94 valence electrons. The van der Waals surface area contributed by atoms with Crippen LogP contribution in [0.4, 0.5) is 0 Å². The zero-order valence-electron chi connectivity index (χ0n) is 9.03. The van der Waals surface area contributed by atoms with Crippen molar-refractivity contribution in [3.05, 3.63) is 45.0 Å². The number of benzene rings is 1. The van der Waals surface area contributed by atoms with Crippen molar-refractivity contribution in [2.45, 2.75) is 6.54 Å². The summed E-state index contributed by atoms with van der Waals surface area (Å²) in [5, 5.41) is 8.76. The molecule has 0 atom stereocenters. The van der Waals surface area contributed by atoms with Gasteiger partial charge in [-0.15, -0.1) is 5.10 Å². The van der Waals surface area contributed by atoms with Crippen LogP contribution in [-0.4, -0.2) is 10.2 Å². The summed E-state index contributed by atoms with van der Waals surface area (Å²) in [5.74, 6) is 0.661. The van der Waals surface area contributed by atoms with Gasteiger partial charge in [0.05, 0.1) is 20.8 Å². The van der Waals surface area contributed by atoms with Crippen molar-refractivity contribution in [2.75, 3.05) is 0 Å². The first-order valence-corrected chi connectivity index (χ1v) is 6.08. The number of aromatic nitrogens is 2. The van der Waals surface area contributed by atoms with Gasteiger partial charge in [-0.3, -0.25) is 0 Å². The van der Waals surface area contributed by atoms with Crippen LogP contribution in [0.3, 0.4) is 0 Å². The summed E-state index contributed by atoms with van der Waals surface area (Å²) in [6.45, 7) is 0.320. The van der Waals surface area contributed by atoms with Gasteiger partial charge in [-0.25, -0.2) is 0 Å². The highest BCUT2D eigenvalue weighted by Gasteiger charge is 2.09. The van der Waals surface area contributed by atoms with E-state index in [9.17, 15) is 0 Å². The molecule has 0 radical (unpaired) electrons. The summed E-state index contributed by atoms with van der Waals surface area (Å²) >= 11 is 17.7. The molecule has 0 fully saturated rings. The van der Waals surface area contributed by atoms with E-state index < -0.39 is 0 Å². The van der Waals surface area contributed by atoms with Gasteiger partial charge < -0.3 is 10.5 Å². The summed E-state index contributed by atoms with van der Waals surface area (Å²) in [6, 6.07) is 6.38. The molecule has 2 N–H and O–H groups in total. The van der Waals surface area contributed by atoms with E-state index >= 15 is 0 Å². The Kier molecular flexibility index (Phi) is 4.24. The van der Waals surface area contributed by atoms with E-state index in [1.807, 2.05) is 0 Å². The van der Waals surface area contributed by atoms with Gasteiger partial charge in [0.25, 0.3) is 0 Å². The summed E-state index contributed by atoms with van der Waals surface area (Å²) in [4.78, 5) is 0. The third-order valence-electron chi connectivity index (χ3n) is 2.09. The fourth-order valence-corrected chi connectivity index (χ4v) is 1.78. The number of rotatable bonds is 3. The molecule has 18 heavy (non-hydrogen) atoms. The smallest absolute Gasteiger partial charge is 0.238 e. The number of hydrogen-bond donors (Lipinski definition) is 1. The summed E-state index contributed by atoms with van der Waals surface area (Å²) in [7, 11) is 0. The van der Waals surface area contributed by atoms with Crippen LogP contribution in [0, 0.1) is 0 Å². The topological polar surface area (TPSA) is 61.0 Å². The Morgan fingerprint density at radius 1 is 1.00 bits per heavy atom. The molecule has 0 spiro atoms. The summed E-state index contributed by atoms with van der Waals surface area (Å²) < 4.78 is 5.45. The zero-order chi connectivity index (χ0) is 13.1. The molecule has 0 aliphatic heterocycles. The second kappa shape index (κ2) is 5.71. The molecule has 0 aliphatic carbocycles. The molecule has 2 rings (SSSR count). The molecule has 7 heteroatoms. The lowest BCUT2D eigenvalue weighted by atomic mass is 10.3. The van der Waals surface area contributed by atoms with Gasteiger partial charge in [0, 0.05) is 18.7 Å². The van der Waals surface area contributed by atoms with E-state index in [0.717, 1.165) is 0 Å². The molecular weight excluding hydrogens is 296 g/mol. The molecule has 0 bridgehead atoms. The van der Waals surface area contributed by atoms with Gasteiger partial charge in [-0.05, 0) is 12.1 Å². The fraction of sp³-hybridized carbons (Fsp3) is 0.0909. The van der Waals surface area contributed by atoms with Crippen LogP contribution < -0.4 is 10.5 Å². The van der Waals surface area contributed by atoms with Crippen molar-refractivity contribution < 1.29 is 4.74 Å². The molecule has 0 saturated carbocycles. The van der Waals surface area contributed by atoms with E-state index in [4.69, 9.17) is 45.3 Å². The van der Waals surface area contributed by atoms with Crippen LogP contribution in [0.15, 0.2) is 24.3 Å². The third kappa shape index (κ3) is 3.03. The first kappa shape index (κ1) is 13.4. The van der Waals surface area contributed by atoms with Crippen LogP contribution in [0.1, 0.15) is 5.69 Å². The van der Waals surface area contributed by atoms with Crippen LogP contribution >= 0.6 is 34.8 Å². The minimum absolute atomic E-state index is 0.299. The average molecular weight is 305 g/mol. The lowest BCUT2D eigenvalue weighted by molar-refractivity contribution is 0.454. The molecule has 0 saturated heterocycles. The Morgan fingerprint density at radius 3 is 2.33 bits per heavy atom. The standard InChI is InChI=1S/C11H8Cl3N3O/c12-7-3-9(14)10(4-8(7)13)18-11-2-1-6(5-15)16-17-11/h1-4H,5,15H2. The minimum Gasteiger partial charge on any atom is -0.436 e. The Bertz CT molecular complexity index is 560. The molecule has 1 aromatic heterocycles. The Balaban J connectivity index is 2.25. The van der Waals surface area contributed by atoms with Gasteiger partial charge in [0.1, 0.15) is 5.75 Å². The SMILES string of the molecule is NCc1ccc(Oc2cc(Cl)c(Cl)cc2Cl)nn1. The van der Waals surface area contributed by atoms with E-state index in [-0.39, 0.29) is 0 Å². The normalized spacial score (nSPS) is 10.4. The van der Waals surface area contributed by atoms with Gasteiger partial charge >= 0.3 is 0 Å². The highest BCUT2D eigenvalue weighted by Crippen LogP contribution is 2.35. The van der Waals surface area contributed by atoms with Crippen LogP contribution in [0.2, 0.25) is 15.1 Å². The van der Waals surface area contributed by atoms with Crippen molar-refractivity contribution in [1.29, 1.82) is 0 Å². The molecule has 2 aromatic rings. The highest BCUT2D eigenvalue weighted by molar-refractivity contribution is 6.43. The molecule has 0 unspecified atom stereocenters. The van der Waals surface area contributed by atoms with Crippen molar-refractivity contribution in [1.82, 2.24) is 10.2 Å². The molecule has 1 heterocycles. The van der Waals surface area contributed by atoms with Crippen LogP contribution in [0.5, 0.6) is 11.6 Å². The first-order chi connectivity index (χ1) is 8.60. The Morgan fingerprint density at radius 2 is 1.72 bits per heavy atom. The van der Waals surface area contributed by atoms with Gasteiger partial charge in [0.2, 0.25) is 5.88 Å². The molecule has 0 amide bonds. The monoisotopic (exact) mass is 303 g/mol. The lowest BCUT2D eigenvalue weighted by Crippen LogP contribution is -2.01. The Labute approximate surface area is 119 Å². The number of ether oxygens (including phenoxy) is 1.